The van der Waals surface area contributed by atoms with Gasteiger partial charge in [0, 0.05) is 49.4 Å². The molecule has 1 aromatic rings. The number of rotatable bonds is 6. The summed E-state index contributed by atoms with van der Waals surface area (Å²) in [5, 5.41) is 9.50. The minimum absolute atomic E-state index is 0.274. The van der Waals surface area contributed by atoms with Gasteiger partial charge in [0.05, 0.1) is 16.9 Å². The summed E-state index contributed by atoms with van der Waals surface area (Å²) in [7, 11) is -0.909. The van der Waals surface area contributed by atoms with Crippen molar-refractivity contribution in [2.24, 2.45) is 0 Å². The minimum Gasteiger partial charge on any atom is -0.392 e. The van der Waals surface area contributed by atoms with Crippen LogP contribution in [0.5, 0.6) is 0 Å². The monoisotopic (exact) mass is 310 g/mol. The molecule has 5 heteroatoms. The summed E-state index contributed by atoms with van der Waals surface area (Å²) in [6.07, 6.45) is -0.274. The van der Waals surface area contributed by atoms with Gasteiger partial charge in [-0.3, -0.25) is 14.0 Å². The van der Waals surface area contributed by atoms with Gasteiger partial charge in [-0.1, -0.05) is 18.2 Å². The summed E-state index contributed by atoms with van der Waals surface area (Å²) in [5.74, 6) is 0.688. The van der Waals surface area contributed by atoms with Gasteiger partial charge in [0.25, 0.3) is 0 Å². The van der Waals surface area contributed by atoms with Crippen LogP contribution in [0.4, 0.5) is 0 Å². The molecule has 21 heavy (non-hydrogen) atoms. The second-order valence-corrected chi connectivity index (χ2v) is 7.43. The Bertz CT molecular complexity index is 453. The van der Waals surface area contributed by atoms with Gasteiger partial charge in [0.15, 0.2) is 0 Å². The van der Waals surface area contributed by atoms with Gasteiger partial charge < -0.3 is 5.11 Å². The fourth-order valence-electron chi connectivity index (χ4n) is 2.79. The molecule has 118 valence electrons. The maximum absolute atomic E-state index is 12.2. The molecule has 0 amide bonds. The molecular weight excluding hydrogens is 284 g/mol. The van der Waals surface area contributed by atoms with Crippen molar-refractivity contribution in [1.82, 2.24) is 9.80 Å². The van der Waals surface area contributed by atoms with E-state index in [9.17, 15) is 9.32 Å². The second kappa shape index (κ2) is 8.03. The molecule has 0 aromatic heterocycles. The Labute approximate surface area is 130 Å². The van der Waals surface area contributed by atoms with Crippen molar-refractivity contribution in [3.63, 3.8) is 0 Å². The summed E-state index contributed by atoms with van der Waals surface area (Å²) in [4.78, 5) is 5.62. The number of aliphatic hydroxyl groups excluding tert-OH is 1. The Kier molecular flexibility index (Phi) is 6.36. The van der Waals surface area contributed by atoms with Crippen molar-refractivity contribution >= 4 is 10.8 Å². The fourth-order valence-corrected chi connectivity index (χ4v) is 3.91. The number of aliphatic hydroxyl groups is 1. The molecule has 1 saturated heterocycles. The van der Waals surface area contributed by atoms with Crippen molar-refractivity contribution in [3.8, 4) is 0 Å². The lowest BCUT2D eigenvalue weighted by molar-refractivity contribution is 0.0475. The molecule has 1 N–H and O–H groups in total. The third-order valence-corrected chi connectivity index (χ3v) is 5.30. The van der Waals surface area contributed by atoms with Gasteiger partial charge in [-0.2, -0.15) is 0 Å². The summed E-state index contributed by atoms with van der Waals surface area (Å²) < 4.78 is 12.2. The first-order valence-corrected chi connectivity index (χ1v) is 8.96. The zero-order valence-electron chi connectivity index (χ0n) is 12.9. The molecule has 3 atom stereocenters. The van der Waals surface area contributed by atoms with E-state index in [1.54, 1.807) is 0 Å². The molecule has 1 heterocycles. The second-order valence-electron chi connectivity index (χ2n) is 5.86. The molecule has 1 aliphatic rings. The number of hydrogen-bond acceptors (Lipinski definition) is 4. The standard InChI is InChI=1S/C16H26N2O2S/c1-14-12-17(8-9-18(14)13-15(2)19)10-11-21(20)16-6-4-3-5-7-16/h3-7,14-15,19H,8-13H2,1-2H3/t14-,15+,21+/m1/s1. The Morgan fingerprint density at radius 2 is 2.05 bits per heavy atom. The number of piperazine rings is 1. The van der Waals surface area contributed by atoms with Crippen molar-refractivity contribution in [2.75, 3.05) is 38.5 Å². The van der Waals surface area contributed by atoms with Gasteiger partial charge in [-0.15, -0.1) is 0 Å². The Morgan fingerprint density at radius 1 is 1.33 bits per heavy atom. The SMILES string of the molecule is C[C@H](O)CN1CCN(CC[S@](=O)c2ccccc2)C[C@H]1C. The van der Waals surface area contributed by atoms with E-state index in [4.69, 9.17) is 0 Å². The number of nitrogens with zero attached hydrogens (tertiary/aromatic N) is 2. The van der Waals surface area contributed by atoms with E-state index in [2.05, 4.69) is 16.7 Å². The van der Waals surface area contributed by atoms with Gasteiger partial charge in [0.1, 0.15) is 0 Å². The van der Waals surface area contributed by atoms with Crippen LogP contribution in [0, 0.1) is 0 Å². The molecule has 4 nitrogen and oxygen atoms in total. The topological polar surface area (TPSA) is 43.8 Å². The lowest BCUT2D eigenvalue weighted by Gasteiger charge is -2.40. The predicted molar refractivity (Wildman–Crippen MR) is 86.9 cm³/mol. The molecule has 0 unspecified atom stereocenters. The third kappa shape index (κ3) is 5.18. The van der Waals surface area contributed by atoms with E-state index in [1.807, 2.05) is 37.3 Å². The highest BCUT2D eigenvalue weighted by molar-refractivity contribution is 7.85. The zero-order chi connectivity index (χ0) is 15.2. The molecule has 0 aliphatic carbocycles. The van der Waals surface area contributed by atoms with Crippen LogP contribution in [0.3, 0.4) is 0 Å². The zero-order valence-corrected chi connectivity index (χ0v) is 13.8. The van der Waals surface area contributed by atoms with Crippen LogP contribution in [0.1, 0.15) is 13.8 Å². The van der Waals surface area contributed by atoms with E-state index < -0.39 is 10.8 Å². The van der Waals surface area contributed by atoms with Crippen LogP contribution >= 0.6 is 0 Å². The van der Waals surface area contributed by atoms with E-state index >= 15 is 0 Å². The van der Waals surface area contributed by atoms with Gasteiger partial charge in [-0.05, 0) is 26.0 Å². The lowest BCUT2D eigenvalue weighted by atomic mass is 10.2. The van der Waals surface area contributed by atoms with Crippen molar-refractivity contribution in [3.05, 3.63) is 30.3 Å². The highest BCUT2D eigenvalue weighted by Gasteiger charge is 2.24. The molecule has 2 rings (SSSR count). The van der Waals surface area contributed by atoms with Crippen LogP contribution in [0.25, 0.3) is 0 Å². The van der Waals surface area contributed by atoms with Crippen molar-refractivity contribution < 1.29 is 9.32 Å². The lowest BCUT2D eigenvalue weighted by Crippen LogP contribution is -2.53. The Balaban J connectivity index is 1.77. The molecule has 0 bridgehead atoms. The minimum atomic E-state index is -0.909. The van der Waals surface area contributed by atoms with Gasteiger partial charge >= 0.3 is 0 Å². The Hall–Kier alpha value is -0.750. The van der Waals surface area contributed by atoms with Crippen LogP contribution in [-0.2, 0) is 10.8 Å². The maximum Gasteiger partial charge on any atom is 0.0639 e. The average molecular weight is 310 g/mol. The first kappa shape index (κ1) is 16.6. The summed E-state index contributed by atoms with van der Waals surface area (Å²) in [6.45, 7) is 8.59. The van der Waals surface area contributed by atoms with E-state index in [0.29, 0.717) is 11.8 Å². The van der Waals surface area contributed by atoms with E-state index in [1.165, 1.54) is 0 Å². The van der Waals surface area contributed by atoms with Crippen LogP contribution in [0.2, 0.25) is 0 Å². The third-order valence-electron chi connectivity index (χ3n) is 3.95. The summed E-state index contributed by atoms with van der Waals surface area (Å²) >= 11 is 0. The summed E-state index contributed by atoms with van der Waals surface area (Å²) in [6, 6.07) is 10.1. The number of β-amino-alcohol motifs (C(OH)–C–C–N with tert-alkyl or cyclic N) is 1. The quantitative estimate of drug-likeness (QED) is 0.857. The normalized spacial score (nSPS) is 23.9. The van der Waals surface area contributed by atoms with Crippen molar-refractivity contribution in [1.29, 1.82) is 0 Å². The molecule has 0 spiro atoms. The van der Waals surface area contributed by atoms with Gasteiger partial charge in [0.2, 0.25) is 0 Å². The molecule has 0 saturated carbocycles. The number of hydrogen-bond donors (Lipinski definition) is 1. The van der Waals surface area contributed by atoms with E-state index in [-0.39, 0.29) is 6.10 Å². The summed E-state index contributed by atoms with van der Waals surface area (Å²) in [5.41, 5.74) is 0. The molecule has 1 aliphatic heterocycles. The van der Waals surface area contributed by atoms with Crippen molar-refractivity contribution in [2.45, 2.75) is 30.9 Å². The maximum atomic E-state index is 12.2. The Morgan fingerprint density at radius 3 is 2.67 bits per heavy atom. The smallest absolute Gasteiger partial charge is 0.0639 e. The molecular formula is C16H26N2O2S. The first-order chi connectivity index (χ1) is 10.1. The fraction of sp³-hybridized carbons (Fsp3) is 0.625. The average Bonchev–Trinajstić information content (AvgIpc) is 2.48. The first-order valence-electron chi connectivity index (χ1n) is 7.64. The predicted octanol–water partition coefficient (Wildman–Crippen LogP) is 1.18. The van der Waals surface area contributed by atoms with Gasteiger partial charge in [-0.25, -0.2) is 0 Å². The molecule has 0 radical (unpaired) electrons. The highest BCUT2D eigenvalue weighted by Crippen LogP contribution is 2.11. The van der Waals surface area contributed by atoms with Crippen LogP contribution in [0.15, 0.2) is 35.2 Å². The van der Waals surface area contributed by atoms with E-state index in [0.717, 1.165) is 37.6 Å². The van der Waals surface area contributed by atoms with Crippen LogP contribution < -0.4 is 0 Å². The largest absolute Gasteiger partial charge is 0.392 e. The van der Waals surface area contributed by atoms with Crippen LogP contribution in [-0.4, -0.2) is 69.7 Å². The molecule has 1 fully saturated rings. The molecule has 1 aromatic carbocycles. The number of benzene rings is 1. The highest BCUT2D eigenvalue weighted by atomic mass is 32.2.